The van der Waals surface area contributed by atoms with Crippen LogP contribution in [0.2, 0.25) is 0 Å². The molecule has 0 unspecified atom stereocenters. The van der Waals surface area contributed by atoms with E-state index >= 15 is 0 Å². The third-order valence-corrected chi connectivity index (χ3v) is 15.6. The second-order valence-electron chi connectivity index (χ2n) is 14.0. The Bertz CT molecular complexity index is 2740. The zero-order valence-electron chi connectivity index (χ0n) is 30.6. The molecule has 5 heteroatoms. The van der Waals surface area contributed by atoms with E-state index in [-0.39, 0.29) is 0 Å². The van der Waals surface area contributed by atoms with Crippen LogP contribution in [0.4, 0.5) is 0 Å². The van der Waals surface area contributed by atoms with E-state index in [9.17, 15) is 0 Å². The summed E-state index contributed by atoms with van der Waals surface area (Å²) in [4.78, 5) is 16.1. The molecule has 0 aliphatic heterocycles. The minimum atomic E-state index is -3.11. The van der Waals surface area contributed by atoms with Crippen LogP contribution in [0.3, 0.4) is 0 Å². The number of para-hydroxylation sites is 2. The number of rotatable bonds is 8. The van der Waals surface area contributed by atoms with Crippen molar-refractivity contribution in [1.29, 1.82) is 0 Å². The topological polar surface area (TPSA) is 43.6 Å². The number of hydrogen-bond acceptors (Lipinski definition) is 3. The summed E-state index contributed by atoms with van der Waals surface area (Å²) >= 11 is 0. The van der Waals surface area contributed by atoms with Crippen molar-refractivity contribution in [3.8, 4) is 39.9 Å². The molecule has 10 aromatic rings. The van der Waals surface area contributed by atoms with Crippen molar-refractivity contribution in [3.63, 3.8) is 0 Å². The number of nitrogens with zero attached hydrogens (tertiary/aromatic N) is 4. The number of fused-ring (bicyclic) bond motifs is 3. The zero-order chi connectivity index (χ0) is 37.3. The summed E-state index contributed by atoms with van der Waals surface area (Å²) in [6.07, 6.45) is 0. The van der Waals surface area contributed by atoms with Gasteiger partial charge in [0.2, 0.25) is 0 Å². The van der Waals surface area contributed by atoms with Crippen LogP contribution in [-0.2, 0) is 0 Å². The van der Waals surface area contributed by atoms with Crippen molar-refractivity contribution in [3.05, 3.63) is 218 Å². The van der Waals surface area contributed by atoms with Gasteiger partial charge in [-0.1, -0.05) is 200 Å². The lowest BCUT2D eigenvalue weighted by Gasteiger charge is -2.36. The Balaban J connectivity index is 1.42. The van der Waals surface area contributed by atoms with Gasteiger partial charge in [-0.25, -0.2) is 15.0 Å². The molecule has 4 nitrogen and oxygen atoms in total. The molecule has 10 rings (SSSR count). The number of benzene rings is 8. The molecule has 8 aromatic carbocycles. The first-order valence-corrected chi connectivity index (χ1v) is 21.0. The minimum Gasteiger partial charge on any atom is -0.309 e. The van der Waals surface area contributed by atoms with Gasteiger partial charge < -0.3 is 4.57 Å². The second-order valence-corrected chi connectivity index (χ2v) is 17.7. The summed E-state index contributed by atoms with van der Waals surface area (Å²) in [5.41, 5.74) is 6.12. The zero-order valence-corrected chi connectivity index (χ0v) is 31.6. The molecule has 56 heavy (non-hydrogen) atoms. The lowest BCUT2D eigenvalue weighted by molar-refractivity contribution is 1.07. The molecule has 0 radical (unpaired) electrons. The first-order chi connectivity index (χ1) is 27.8. The number of hydrogen-bond donors (Lipinski definition) is 0. The largest absolute Gasteiger partial charge is 0.309 e. The van der Waals surface area contributed by atoms with Crippen LogP contribution < -0.4 is 20.7 Å². The summed E-state index contributed by atoms with van der Waals surface area (Å²) in [5.74, 6) is 1.89. The lowest BCUT2D eigenvalue weighted by Crippen LogP contribution is -2.75. The highest BCUT2D eigenvalue weighted by Gasteiger charge is 2.44. The van der Waals surface area contributed by atoms with Gasteiger partial charge in [0.25, 0.3) is 0 Å². The Morgan fingerprint density at radius 1 is 0.321 bits per heavy atom. The average Bonchev–Trinajstić information content (AvgIpc) is 3.62. The average molecular weight is 733 g/mol. The Labute approximate surface area is 327 Å². The summed E-state index contributed by atoms with van der Waals surface area (Å²) in [5, 5.41) is 7.42. The van der Waals surface area contributed by atoms with Crippen LogP contribution >= 0.6 is 0 Å². The predicted molar refractivity (Wildman–Crippen MR) is 234 cm³/mol. The molecule has 0 spiro atoms. The quantitative estimate of drug-likeness (QED) is 0.116. The van der Waals surface area contributed by atoms with Crippen LogP contribution in [-0.4, -0.2) is 27.6 Å². The van der Waals surface area contributed by atoms with Crippen molar-refractivity contribution in [2.45, 2.75) is 0 Å². The maximum atomic E-state index is 5.47. The fourth-order valence-corrected chi connectivity index (χ4v) is 13.4. The summed E-state index contributed by atoms with van der Waals surface area (Å²) in [7, 11) is -3.11. The van der Waals surface area contributed by atoms with E-state index in [0.29, 0.717) is 17.5 Å². The van der Waals surface area contributed by atoms with Crippen LogP contribution in [0, 0.1) is 0 Å². The van der Waals surface area contributed by atoms with E-state index in [1.165, 1.54) is 31.5 Å². The number of aromatic nitrogens is 4. The van der Waals surface area contributed by atoms with Crippen LogP contribution in [0.15, 0.2) is 218 Å². The highest BCUT2D eigenvalue weighted by atomic mass is 28.3. The van der Waals surface area contributed by atoms with Crippen LogP contribution in [0.5, 0.6) is 0 Å². The second kappa shape index (κ2) is 14.2. The Morgan fingerprint density at radius 3 is 1.14 bits per heavy atom. The van der Waals surface area contributed by atoms with E-state index in [1.54, 1.807) is 0 Å². The van der Waals surface area contributed by atoms with Crippen molar-refractivity contribution < 1.29 is 0 Å². The Hall–Kier alpha value is -7.21. The summed E-state index contributed by atoms with van der Waals surface area (Å²) in [6.45, 7) is 0. The monoisotopic (exact) mass is 732 g/mol. The Morgan fingerprint density at radius 2 is 0.696 bits per heavy atom. The smallest absolute Gasteiger partial charge is 0.180 e. The maximum absolute atomic E-state index is 5.47. The normalized spacial score (nSPS) is 11.6. The fourth-order valence-electron chi connectivity index (χ4n) is 8.41. The maximum Gasteiger partial charge on any atom is 0.180 e. The van der Waals surface area contributed by atoms with Gasteiger partial charge in [-0.15, -0.1) is 0 Å². The molecule has 0 saturated heterocycles. The van der Waals surface area contributed by atoms with Crippen LogP contribution in [0.25, 0.3) is 61.7 Å². The SMILES string of the molecule is c1ccc(-c2nc(-c3ccccc3)nc(-c3c(-n4c5ccccc5c5ccccc54)cccc3[Si](c3ccccc3)(c3ccccc3)c3ccccc3)n2)cc1. The van der Waals surface area contributed by atoms with Gasteiger partial charge in [0.05, 0.1) is 16.7 Å². The van der Waals surface area contributed by atoms with E-state index in [1.807, 2.05) is 36.4 Å². The van der Waals surface area contributed by atoms with Crippen molar-refractivity contribution >= 4 is 50.6 Å². The fraction of sp³-hybridized carbons (Fsp3) is 0. The Kier molecular flexibility index (Phi) is 8.47. The summed E-state index contributed by atoms with van der Waals surface area (Å²) < 4.78 is 2.41. The van der Waals surface area contributed by atoms with Crippen molar-refractivity contribution in [2.24, 2.45) is 0 Å². The van der Waals surface area contributed by atoms with Gasteiger partial charge in [-0.2, -0.15) is 0 Å². The molecular weight excluding hydrogens is 697 g/mol. The minimum absolute atomic E-state index is 0.629. The highest BCUT2D eigenvalue weighted by molar-refractivity contribution is 7.20. The first-order valence-electron chi connectivity index (χ1n) is 19.0. The standard InChI is InChI=1S/C51H36N4Si/c1-6-21-37(22-7-1)49-52-50(38-23-8-2-9-24-38)54-51(53-49)48-46(55-44-33-18-16-31-42(44)43-32-17-19-34-45(43)55)35-20-36-47(48)56(39-25-10-3-11-26-39,40-27-12-4-13-28-40)41-29-14-5-15-30-41/h1-36H. The molecule has 0 atom stereocenters. The van der Waals surface area contributed by atoms with Gasteiger partial charge >= 0.3 is 0 Å². The molecular formula is C51H36N4Si. The molecule has 0 saturated carbocycles. The van der Waals surface area contributed by atoms with E-state index in [4.69, 9.17) is 15.0 Å². The first kappa shape index (κ1) is 33.4. The molecule has 264 valence electrons. The molecule has 0 aliphatic rings. The summed E-state index contributed by atoms with van der Waals surface area (Å²) in [6, 6.07) is 77.9. The third-order valence-electron chi connectivity index (χ3n) is 10.8. The van der Waals surface area contributed by atoms with Gasteiger partial charge in [-0.05, 0) is 38.9 Å². The molecule has 0 amide bonds. The van der Waals surface area contributed by atoms with E-state index in [2.05, 4.69) is 187 Å². The lowest BCUT2D eigenvalue weighted by atomic mass is 10.1. The molecule has 2 aromatic heterocycles. The third kappa shape index (κ3) is 5.56. The van der Waals surface area contributed by atoms with Gasteiger partial charge in [0.1, 0.15) is 0 Å². The van der Waals surface area contributed by atoms with Crippen molar-refractivity contribution in [2.75, 3.05) is 0 Å². The molecule has 2 heterocycles. The van der Waals surface area contributed by atoms with E-state index < -0.39 is 8.07 Å². The highest BCUT2D eigenvalue weighted by Crippen LogP contribution is 2.36. The van der Waals surface area contributed by atoms with Gasteiger partial charge in [-0.3, -0.25) is 0 Å². The predicted octanol–water partition coefficient (Wildman–Crippen LogP) is 9.35. The van der Waals surface area contributed by atoms with E-state index in [0.717, 1.165) is 33.4 Å². The van der Waals surface area contributed by atoms with Crippen molar-refractivity contribution in [1.82, 2.24) is 19.5 Å². The van der Waals surface area contributed by atoms with Gasteiger partial charge in [0.15, 0.2) is 25.5 Å². The van der Waals surface area contributed by atoms with Crippen LogP contribution in [0.1, 0.15) is 0 Å². The molecule has 0 N–H and O–H groups in total. The molecule has 0 aliphatic carbocycles. The van der Waals surface area contributed by atoms with Gasteiger partial charge in [0, 0.05) is 27.5 Å². The molecule has 0 fully saturated rings. The molecule has 0 bridgehead atoms.